The third kappa shape index (κ3) is 102. The number of aliphatic hydroxyl groups excluding tert-OH is 3. The van der Waals surface area contributed by atoms with Crippen LogP contribution in [0.3, 0.4) is 0 Å². The van der Waals surface area contributed by atoms with Crippen LogP contribution in [0, 0.1) is 0 Å². The average molecular weight is 2090 g/mol. The molecule has 0 bridgehead atoms. The third-order valence-electron chi connectivity index (χ3n) is 28.9. The lowest BCUT2D eigenvalue weighted by Crippen LogP contribution is -2.66. The van der Waals surface area contributed by atoms with Crippen LogP contribution in [0.15, 0.2) is 0 Å². The van der Waals surface area contributed by atoms with Crippen molar-refractivity contribution in [3.63, 3.8) is 0 Å². The third-order valence-corrected chi connectivity index (χ3v) is 28.9. The quantitative estimate of drug-likeness (QED) is 0.0289. The smallest absolute Gasteiger partial charge is 0.306 e. The molecule has 0 aliphatic carbocycles. The van der Waals surface area contributed by atoms with Gasteiger partial charge in [0.25, 0.3) is 0 Å². The summed E-state index contributed by atoms with van der Waals surface area (Å²) in [5, 5.41) is 86.8. The molecule has 9 atom stereocenters. The highest BCUT2D eigenvalue weighted by molar-refractivity contribution is 5.72. The van der Waals surface area contributed by atoms with Crippen molar-refractivity contribution >= 4 is 47.8 Å². The Labute approximate surface area is 901 Å². The first kappa shape index (κ1) is 147. The van der Waals surface area contributed by atoms with E-state index in [2.05, 4.69) is 55.4 Å². The number of carbonyl (C=O) groups excluding carboxylic acids is 8. The Kier molecular flexibility index (Phi) is 115. The Hall–Kier alpha value is -4.52. The first-order valence-electron chi connectivity index (χ1n) is 62.7. The zero-order chi connectivity index (χ0) is 109. The first-order valence-corrected chi connectivity index (χ1v) is 62.7. The van der Waals surface area contributed by atoms with Crippen LogP contribution >= 0.6 is 0 Å². The van der Waals surface area contributed by atoms with Crippen LogP contribution in [0.5, 0.6) is 0 Å². The van der Waals surface area contributed by atoms with Crippen LogP contribution in [-0.2, 0) is 71.5 Å². The van der Waals surface area contributed by atoms with Crippen molar-refractivity contribution < 1.29 is 112 Å². The zero-order valence-corrected chi connectivity index (χ0v) is 96.6. The van der Waals surface area contributed by atoms with Gasteiger partial charge in [0, 0.05) is 55.9 Å². The maximum Gasteiger partial charge on any atom is 0.306 e. The topological polar surface area (TPSA) is 377 Å². The predicted molar refractivity (Wildman–Crippen MR) is 591 cm³/mol. The van der Waals surface area contributed by atoms with E-state index in [1.807, 2.05) is 0 Å². The fourth-order valence-corrected chi connectivity index (χ4v) is 19.3. The Morgan fingerprint density at radius 1 is 0.238 bits per heavy atom. The van der Waals surface area contributed by atoms with Crippen LogP contribution in [0.4, 0.5) is 0 Å². The number of hydrogen-bond acceptors (Lipinski definition) is 23. The van der Waals surface area contributed by atoms with Gasteiger partial charge in [0.1, 0.15) is 43.7 Å². The van der Waals surface area contributed by atoms with Crippen LogP contribution in [0.25, 0.3) is 0 Å². The van der Waals surface area contributed by atoms with E-state index in [1.165, 1.54) is 385 Å². The second kappa shape index (κ2) is 115. The number of carboxylic acids is 4. The molecule has 0 radical (unpaired) electrons. The molecular formula is C124H233O23-5. The van der Waals surface area contributed by atoms with Crippen LogP contribution < -0.4 is 25.5 Å². The van der Waals surface area contributed by atoms with Gasteiger partial charge in [0.2, 0.25) is 5.79 Å². The Morgan fingerprint density at radius 3 is 0.639 bits per heavy atom. The first-order chi connectivity index (χ1) is 71.5. The maximum absolute atomic E-state index is 14.2. The maximum atomic E-state index is 14.2. The molecule has 0 spiro atoms. The SMILES string of the molecule is CCCCCCCCCCCCCC(=O)OC[C@H]1O[C@@](COC(=O)CCCCCCCCCCCCC)(O[C@@H]2[C@@H](O)[C@H](O)[C@@H](CO)O[C@@H]2[O-])[C@@H](OC(=O)CCCCCCCCCCCCC)[C@@H]1OC(=O)CCCCCCCCCCCCC.CCCCCCCCCCCCCC(=O)[O-].CCCCCCCCCCCCCC(=O)[O-].CCCCCCCCCCCCCC(=O)[O-].CCCCCCCCCCCCCC(=O)[O-]. The number of hydrogen-bond donors (Lipinski definition) is 3. The molecule has 0 saturated carbocycles. The summed E-state index contributed by atoms with van der Waals surface area (Å²) in [6.45, 7) is 15.8. The molecule has 23 heteroatoms. The average Bonchev–Trinajstić information content (AvgIpc) is 1.63. The summed E-state index contributed by atoms with van der Waals surface area (Å²) in [5.74, 6) is -8.49. The van der Waals surface area contributed by atoms with Gasteiger partial charge in [0.05, 0.1) is 6.61 Å². The molecule has 0 unspecified atom stereocenters. The van der Waals surface area contributed by atoms with E-state index in [0.717, 1.165) is 154 Å². The van der Waals surface area contributed by atoms with Crippen molar-refractivity contribution in [3.8, 4) is 0 Å². The van der Waals surface area contributed by atoms with E-state index in [1.54, 1.807) is 0 Å². The minimum atomic E-state index is -2.43. The number of rotatable bonds is 105. The molecule has 2 saturated heterocycles. The molecule has 3 N–H and O–H groups in total. The number of aliphatic carboxylic acids is 4. The minimum Gasteiger partial charge on any atom is -0.829 e. The summed E-state index contributed by atoms with van der Waals surface area (Å²) in [5.41, 5.74) is 0. The van der Waals surface area contributed by atoms with Gasteiger partial charge in [-0.05, 0) is 77.0 Å². The lowest BCUT2D eigenvalue weighted by molar-refractivity contribution is -0.543. The number of aliphatic hydroxyl groups is 3. The van der Waals surface area contributed by atoms with E-state index < -0.39 is 122 Å². The molecule has 2 fully saturated rings. The molecule has 872 valence electrons. The van der Waals surface area contributed by atoms with Gasteiger partial charge in [-0.2, -0.15) is 0 Å². The summed E-state index contributed by atoms with van der Waals surface area (Å²) in [6.07, 6.45) is 90.4. The highest BCUT2D eigenvalue weighted by Crippen LogP contribution is 2.42. The van der Waals surface area contributed by atoms with Gasteiger partial charge in [0.15, 0.2) is 12.2 Å². The molecule has 2 heterocycles. The molecule has 2 aliphatic rings. The van der Waals surface area contributed by atoms with Crippen molar-refractivity contribution in [1.29, 1.82) is 0 Å². The van der Waals surface area contributed by atoms with Crippen molar-refractivity contribution in [3.05, 3.63) is 0 Å². The molecule has 0 aromatic carbocycles. The van der Waals surface area contributed by atoms with Crippen molar-refractivity contribution in [1.82, 2.24) is 0 Å². The highest BCUT2D eigenvalue weighted by Gasteiger charge is 2.64. The molecule has 2 aliphatic heterocycles. The number of unbranched alkanes of at least 4 members (excludes halogenated alkanes) is 80. The molecule has 0 aromatic rings. The molecule has 147 heavy (non-hydrogen) atoms. The van der Waals surface area contributed by atoms with Gasteiger partial charge >= 0.3 is 23.9 Å². The van der Waals surface area contributed by atoms with Gasteiger partial charge in [-0.25, -0.2) is 0 Å². The second-order valence-electron chi connectivity index (χ2n) is 43.2. The normalized spacial score (nSPS) is 17.3. The van der Waals surface area contributed by atoms with E-state index in [4.69, 9.17) is 33.2 Å². The largest absolute Gasteiger partial charge is 0.829 e. The summed E-state index contributed by atoms with van der Waals surface area (Å²) in [7, 11) is 0. The van der Waals surface area contributed by atoms with Crippen molar-refractivity contribution in [2.75, 3.05) is 19.8 Å². The Bertz CT molecular complexity index is 2680. The number of carbonyl (C=O) groups is 8. The lowest BCUT2D eigenvalue weighted by Gasteiger charge is -2.48. The molecule has 2 rings (SSSR count). The Morgan fingerprint density at radius 2 is 0.429 bits per heavy atom. The number of carboxylic acid groups (broad SMARTS) is 4. The molecule has 0 aromatic heterocycles. The summed E-state index contributed by atoms with van der Waals surface area (Å²) >= 11 is 0. The van der Waals surface area contributed by atoms with Crippen molar-refractivity contribution in [2.24, 2.45) is 0 Å². The van der Waals surface area contributed by atoms with Crippen LogP contribution in [0.2, 0.25) is 0 Å². The lowest BCUT2D eigenvalue weighted by atomic mass is 9.98. The van der Waals surface area contributed by atoms with Gasteiger partial charge in [-0.1, -0.05) is 569 Å². The second-order valence-corrected chi connectivity index (χ2v) is 43.2. The number of esters is 4. The molecule has 0 amide bonds. The summed E-state index contributed by atoms with van der Waals surface area (Å²) in [6, 6.07) is 0. The van der Waals surface area contributed by atoms with E-state index >= 15 is 0 Å². The monoisotopic (exact) mass is 2090 g/mol. The predicted octanol–water partition coefficient (Wildman–Crippen LogP) is 28.7. The standard InChI is InChI=1S/C68H125O15.4C14H28O2/c1-5-9-13-17-21-25-29-33-37-41-45-49-58(70)77-54-57-64(80-60(72)51-47-43-39-35-31-27-23-19-15-11-7-3)66(81-61(73)52-48-44-40-36-32-28-24-20-16-12-8-4)68(82-57,83-65-63(75)62(74)56(53-69)79-67(65)76)55-78-59(71)50-46-42-38-34-30-26-22-18-14-10-6-2;4*1-2-3-4-5-6-7-8-9-10-11-12-13-14(15)16/h56-57,62-67,69,74-75H,5-55H2,1-4H3;4*2-13H2,1H3,(H,15,16)/q-1;;;;/p-4/t56-,57-,62-,63+,64-,65-,66+,67+,68+;;;;/m1..../s1. The summed E-state index contributed by atoms with van der Waals surface area (Å²) < 4.78 is 42.8. The number of ether oxygens (including phenoxy) is 7. The summed E-state index contributed by atoms with van der Waals surface area (Å²) in [4.78, 5) is 96.0. The van der Waals surface area contributed by atoms with Crippen molar-refractivity contribution in [2.45, 2.75) is 727 Å². The molecular weight excluding hydrogens is 1860 g/mol. The minimum absolute atomic E-state index is 0.0174. The van der Waals surface area contributed by atoms with E-state index in [9.17, 15) is 79.2 Å². The van der Waals surface area contributed by atoms with E-state index in [0.29, 0.717) is 25.7 Å². The molecule has 23 nitrogen and oxygen atoms in total. The fraction of sp³-hybridized carbons (Fsp3) is 0.935. The van der Waals surface area contributed by atoms with Crippen LogP contribution in [-0.4, -0.2) is 138 Å². The van der Waals surface area contributed by atoms with Crippen LogP contribution in [0.1, 0.15) is 672 Å². The zero-order valence-electron chi connectivity index (χ0n) is 96.6. The highest BCUT2D eigenvalue weighted by atomic mass is 16.8. The van der Waals surface area contributed by atoms with E-state index in [-0.39, 0.29) is 51.4 Å². The fourth-order valence-electron chi connectivity index (χ4n) is 19.3. The van der Waals surface area contributed by atoms with Gasteiger partial charge in [-0.15, -0.1) is 0 Å². The van der Waals surface area contributed by atoms with Gasteiger partial charge < -0.3 is 93.2 Å². The van der Waals surface area contributed by atoms with Gasteiger partial charge in [-0.3, -0.25) is 19.2 Å². The Balaban J connectivity index is -0.00000255.